The predicted molar refractivity (Wildman–Crippen MR) is 39.9 cm³/mol. The fourth-order valence-electron chi connectivity index (χ4n) is 0.931. The molecule has 0 aromatic carbocycles. The van der Waals surface area contributed by atoms with Gasteiger partial charge in [0.1, 0.15) is 0 Å². The number of anilines is 1. The molecule has 0 saturated heterocycles. The van der Waals surface area contributed by atoms with Crippen molar-refractivity contribution in [1.82, 2.24) is 19.8 Å². The monoisotopic (exact) mass is 149 g/mol. The highest BCUT2D eigenvalue weighted by molar-refractivity contribution is 5.56. The topological polar surface area (TPSA) is 69.1 Å². The number of fused-ring (bicyclic) bond motifs is 1. The summed E-state index contributed by atoms with van der Waals surface area (Å²) in [6.07, 6.45) is 3.28. The second-order valence-electron chi connectivity index (χ2n) is 2.29. The summed E-state index contributed by atoms with van der Waals surface area (Å²) in [5.74, 6) is 0.505. The van der Waals surface area contributed by atoms with Crippen LogP contribution in [0.1, 0.15) is 5.56 Å². The lowest BCUT2D eigenvalue weighted by atomic mass is 10.4. The average molecular weight is 149 g/mol. The van der Waals surface area contributed by atoms with Gasteiger partial charge in [-0.25, -0.2) is 4.52 Å². The van der Waals surface area contributed by atoms with Gasteiger partial charge in [0.25, 0.3) is 0 Å². The Morgan fingerprint density at radius 3 is 3.09 bits per heavy atom. The number of aromatic nitrogens is 4. The van der Waals surface area contributed by atoms with E-state index < -0.39 is 0 Å². The van der Waals surface area contributed by atoms with Crippen molar-refractivity contribution in [3.63, 3.8) is 0 Å². The van der Waals surface area contributed by atoms with Crippen molar-refractivity contribution >= 4 is 11.5 Å². The van der Waals surface area contributed by atoms with Gasteiger partial charge in [-0.2, -0.15) is 5.10 Å². The van der Waals surface area contributed by atoms with E-state index in [1.54, 1.807) is 16.9 Å². The van der Waals surface area contributed by atoms with Crippen molar-refractivity contribution in [2.24, 2.45) is 0 Å². The van der Waals surface area contributed by atoms with E-state index in [0.29, 0.717) is 11.5 Å². The van der Waals surface area contributed by atoms with E-state index in [1.807, 2.05) is 6.92 Å². The molecule has 0 fully saturated rings. The zero-order valence-electron chi connectivity index (χ0n) is 6.02. The summed E-state index contributed by atoms with van der Waals surface area (Å²) in [4.78, 5) is 0. The van der Waals surface area contributed by atoms with Gasteiger partial charge in [-0.15, -0.1) is 10.2 Å². The maximum absolute atomic E-state index is 5.55. The van der Waals surface area contributed by atoms with Gasteiger partial charge in [-0.05, 0) is 6.92 Å². The minimum atomic E-state index is 0.505. The van der Waals surface area contributed by atoms with E-state index in [0.717, 1.165) is 5.56 Å². The molecule has 2 N–H and O–H groups in total. The lowest BCUT2D eigenvalue weighted by Crippen LogP contribution is -1.90. The molecule has 2 heterocycles. The van der Waals surface area contributed by atoms with Crippen LogP contribution in [0.5, 0.6) is 0 Å². The highest BCUT2D eigenvalue weighted by atomic mass is 15.3. The summed E-state index contributed by atoms with van der Waals surface area (Å²) < 4.78 is 1.61. The molecule has 2 aromatic heterocycles. The van der Waals surface area contributed by atoms with Gasteiger partial charge in [0.2, 0.25) is 0 Å². The van der Waals surface area contributed by atoms with Crippen molar-refractivity contribution in [3.8, 4) is 0 Å². The molecule has 0 aliphatic carbocycles. The zero-order chi connectivity index (χ0) is 7.84. The second-order valence-corrected chi connectivity index (χ2v) is 2.29. The summed E-state index contributed by atoms with van der Waals surface area (Å²) in [5.41, 5.74) is 7.14. The number of nitrogens with zero attached hydrogens (tertiary/aromatic N) is 4. The van der Waals surface area contributed by atoms with E-state index in [9.17, 15) is 0 Å². The molecule has 0 bridgehead atoms. The fraction of sp³-hybridized carbons (Fsp3) is 0.167. The first-order chi connectivity index (χ1) is 5.29. The van der Waals surface area contributed by atoms with Crippen LogP contribution in [0.4, 0.5) is 5.82 Å². The Labute approximate surface area is 62.9 Å². The third-order valence-electron chi connectivity index (χ3n) is 1.58. The molecule has 5 heteroatoms. The van der Waals surface area contributed by atoms with E-state index in [1.165, 1.54) is 0 Å². The van der Waals surface area contributed by atoms with Crippen LogP contribution in [0.25, 0.3) is 5.65 Å². The molecule has 5 nitrogen and oxygen atoms in total. The summed E-state index contributed by atoms with van der Waals surface area (Å²) in [6.45, 7) is 1.87. The van der Waals surface area contributed by atoms with Crippen LogP contribution in [0.2, 0.25) is 0 Å². The Morgan fingerprint density at radius 1 is 1.55 bits per heavy atom. The molecule has 2 rings (SSSR count). The molecular weight excluding hydrogens is 142 g/mol. The largest absolute Gasteiger partial charge is 0.382 e. The molecule has 2 aromatic rings. The molecule has 0 aliphatic heterocycles. The second kappa shape index (κ2) is 1.91. The Morgan fingerprint density at radius 2 is 2.36 bits per heavy atom. The molecule has 0 unspecified atom stereocenters. The first kappa shape index (κ1) is 6.09. The van der Waals surface area contributed by atoms with E-state index in [-0.39, 0.29) is 0 Å². The number of aryl methyl sites for hydroxylation is 1. The molecular formula is C6H7N5. The van der Waals surface area contributed by atoms with Crippen LogP contribution in [0, 0.1) is 6.92 Å². The lowest BCUT2D eigenvalue weighted by Gasteiger charge is -1.86. The molecule has 0 atom stereocenters. The Balaban J connectivity index is 2.92. The van der Waals surface area contributed by atoms with Gasteiger partial charge in [0.15, 0.2) is 11.5 Å². The molecule has 11 heavy (non-hydrogen) atoms. The zero-order valence-corrected chi connectivity index (χ0v) is 6.02. The van der Waals surface area contributed by atoms with Gasteiger partial charge in [0, 0.05) is 5.56 Å². The summed E-state index contributed by atoms with van der Waals surface area (Å²) in [6, 6.07) is 0. The average Bonchev–Trinajstić information content (AvgIpc) is 2.30. The Kier molecular flexibility index (Phi) is 1.06. The number of nitrogen functional groups attached to an aromatic ring is 1. The van der Waals surface area contributed by atoms with Crippen molar-refractivity contribution in [2.75, 3.05) is 5.73 Å². The normalized spacial score (nSPS) is 10.6. The predicted octanol–water partition coefficient (Wildman–Crippen LogP) is 0.0149. The molecule has 0 aliphatic rings. The highest BCUT2D eigenvalue weighted by Gasteiger charge is 2.04. The van der Waals surface area contributed by atoms with E-state index in [4.69, 9.17) is 5.73 Å². The number of rotatable bonds is 0. The first-order valence-electron chi connectivity index (χ1n) is 3.21. The maximum Gasteiger partial charge on any atom is 0.182 e. The maximum atomic E-state index is 5.55. The van der Waals surface area contributed by atoms with Gasteiger partial charge < -0.3 is 5.73 Å². The van der Waals surface area contributed by atoms with Crippen molar-refractivity contribution < 1.29 is 0 Å². The van der Waals surface area contributed by atoms with Crippen LogP contribution in [-0.2, 0) is 0 Å². The van der Waals surface area contributed by atoms with Gasteiger partial charge >= 0.3 is 0 Å². The molecule has 56 valence electrons. The van der Waals surface area contributed by atoms with E-state index in [2.05, 4.69) is 15.3 Å². The molecule has 0 spiro atoms. The smallest absolute Gasteiger partial charge is 0.182 e. The third kappa shape index (κ3) is 0.739. The number of hydrogen-bond donors (Lipinski definition) is 1. The van der Waals surface area contributed by atoms with Crippen LogP contribution in [0.15, 0.2) is 12.4 Å². The molecule has 0 amide bonds. The van der Waals surface area contributed by atoms with Crippen LogP contribution in [-0.4, -0.2) is 19.8 Å². The molecule has 0 saturated carbocycles. The first-order valence-corrected chi connectivity index (χ1v) is 3.21. The Bertz CT molecular complexity index is 391. The summed E-state index contributed by atoms with van der Waals surface area (Å²) >= 11 is 0. The Hall–Kier alpha value is -1.65. The molecule has 0 radical (unpaired) electrons. The quantitative estimate of drug-likeness (QED) is 0.573. The minimum Gasteiger partial charge on any atom is -0.382 e. The lowest BCUT2D eigenvalue weighted by molar-refractivity contribution is 0.891. The van der Waals surface area contributed by atoms with E-state index >= 15 is 0 Å². The van der Waals surface area contributed by atoms with Gasteiger partial charge in [0.05, 0.1) is 12.4 Å². The van der Waals surface area contributed by atoms with Gasteiger partial charge in [-0.1, -0.05) is 0 Å². The number of nitrogens with two attached hydrogens (primary N) is 1. The van der Waals surface area contributed by atoms with Crippen LogP contribution < -0.4 is 5.73 Å². The fourth-order valence-corrected chi connectivity index (χ4v) is 0.931. The van der Waals surface area contributed by atoms with Crippen LogP contribution >= 0.6 is 0 Å². The highest BCUT2D eigenvalue weighted by Crippen LogP contribution is 2.11. The standard InChI is InChI=1S/C6H7N5/c1-4-5(7)10-11-3-2-8-9-6(4)11/h2-3H,1H3,(H2,7,10). The number of hydrogen-bond acceptors (Lipinski definition) is 4. The third-order valence-corrected chi connectivity index (χ3v) is 1.58. The van der Waals surface area contributed by atoms with Crippen LogP contribution in [0.3, 0.4) is 0 Å². The van der Waals surface area contributed by atoms with Gasteiger partial charge in [-0.3, -0.25) is 0 Å². The SMILES string of the molecule is Cc1c(N)nn2ccnnc12. The minimum absolute atomic E-state index is 0.505. The van der Waals surface area contributed by atoms with Crippen molar-refractivity contribution in [1.29, 1.82) is 0 Å². The summed E-state index contributed by atoms with van der Waals surface area (Å²) in [5, 5.41) is 11.6. The van der Waals surface area contributed by atoms with Crippen molar-refractivity contribution in [2.45, 2.75) is 6.92 Å². The summed E-state index contributed by atoms with van der Waals surface area (Å²) in [7, 11) is 0. The van der Waals surface area contributed by atoms with Crippen molar-refractivity contribution in [3.05, 3.63) is 18.0 Å².